The number of ketones is 1. The third-order valence-electron chi connectivity index (χ3n) is 4.59. The molecule has 0 aromatic heterocycles. The molecule has 1 heterocycles. The summed E-state index contributed by atoms with van der Waals surface area (Å²) in [6.45, 7) is 1.98. The minimum Gasteiger partial charge on any atom is -0.317 e. The van der Waals surface area contributed by atoms with Gasteiger partial charge in [-0.2, -0.15) is 0 Å². The van der Waals surface area contributed by atoms with E-state index in [4.69, 9.17) is 11.6 Å². The third-order valence-corrected chi connectivity index (χ3v) is 4.94. The predicted molar refractivity (Wildman–Crippen MR) is 72.8 cm³/mol. The van der Waals surface area contributed by atoms with Gasteiger partial charge in [-0.25, -0.2) is 4.39 Å². The van der Waals surface area contributed by atoms with Crippen molar-refractivity contribution in [2.24, 2.45) is 11.3 Å². The summed E-state index contributed by atoms with van der Waals surface area (Å²) in [6, 6.07) is 4.57. The Labute approximate surface area is 117 Å². The molecule has 1 aromatic rings. The molecule has 1 atom stereocenters. The summed E-state index contributed by atoms with van der Waals surface area (Å²) < 4.78 is 13.7. The monoisotopic (exact) mass is 281 g/mol. The standard InChI is InChI=1S/C15H17ClFNO/c16-12-2-1-3-13(17)10(12)8-14(19)11-9-15(11)4-6-18-7-5-15/h1-3,11,18H,4-9H2. The molecular weight excluding hydrogens is 265 g/mol. The lowest BCUT2D eigenvalue weighted by atomic mass is 9.89. The van der Waals surface area contributed by atoms with Crippen molar-refractivity contribution >= 4 is 17.4 Å². The molecule has 2 fully saturated rings. The number of carbonyl (C=O) groups excluding carboxylic acids is 1. The fraction of sp³-hybridized carbons (Fsp3) is 0.533. The van der Waals surface area contributed by atoms with Crippen molar-refractivity contribution in [1.29, 1.82) is 0 Å². The highest BCUT2D eigenvalue weighted by molar-refractivity contribution is 6.31. The maximum absolute atomic E-state index is 13.7. The van der Waals surface area contributed by atoms with Gasteiger partial charge in [0.05, 0.1) is 0 Å². The van der Waals surface area contributed by atoms with Crippen LogP contribution in [0.1, 0.15) is 24.8 Å². The van der Waals surface area contributed by atoms with Gasteiger partial charge < -0.3 is 5.32 Å². The number of rotatable bonds is 3. The van der Waals surface area contributed by atoms with Crippen molar-refractivity contribution in [1.82, 2.24) is 5.32 Å². The number of piperidine rings is 1. The van der Waals surface area contributed by atoms with Gasteiger partial charge in [0.15, 0.2) is 0 Å². The first-order valence-corrected chi connectivity index (χ1v) is 7.16. The topological polar surface area (TPSA) is 29.1 Å². The van der Waals surface area contributed by atoms with E-state index in [9.17, 15) is 9.18 Å². The van der Waals surface area contributed by atoms with Crippen LogP contribution in [-0.4, -0.2) is 18.9 Å². The second-order valence-corrected chi connectivity index (χ2v) is 6.12. The Morgan fingerprint density at radius 1 is 1.42 bits per heavy atom. The molecule has 102 valence electrons. The summed E-state index contributed by atoms with van der Waals surface area (Å²) in [4.78, 5) is 12.3. The van der Waals surface area contributed by atoms with Crippen molar-refractivity contribution in [3.8, 4) is 0 Å². The first-order chi connectivity index (χ1) is 9.12. The summed E-state index contributed by atoms with van der Waals surface area (Å²) in [5.74, 6) is -0.111. The Balaban J connectivity index is 1.70. The van der Waals surface area contributed by atoms with Crippen LogP contribution in [0.5, 0.6) is 0 Å². The lowest BCUT2D eigenvalue weighted by molar-refractivity contribution is -0.120. The van der Waals surface area contributed by atoms with Crippen molar-refractivity contribution in [3.05, 3.63) is 34.6 Å². The minimum absolute atomic E-state index is 0.116. The molecule has 0 bridgehead atoms. The quantitative estimate of drug-likeness (QED) is 0.923. The van der Waals surface area contributed by atoms with Gasteiger partial charge in [0.2, 0.25) is 0 Å². The van der Waals surface area contributed by atoms with Crippen LogP contribution in [0.15, 0.2) is 18.2 Å². The van der Waals surface area contributed by atoms with E-state index in [-0.39, 0.29) is 29.4 Å². The first-order valence-electron chi connectivity index (χ1n) is 6.79. The lowest BCUT2D eigenvalue weighted by Gasteiger charge is -2.23. The van der Waals surface area contributed by atoms with Crippen LogP contribution in [0.3, 0.4) is 0 Å². The van der Waals surface area contributed by atoms with Gasteiger partial charge in [0.25, 0.3) is 0 Å². The van der Waals surface area contributed by atoms with E-state index in [1.54, 1.807) is 12.1 Å². The molecule has 1 aliphatic heterocycles. The Bertz CT molecular complexity index is 491. The first kappa shape index (κ1) is 13.1. The zero-order valence-corrected chi connectivity index (χ0v) is 11.5. The molecule has 1 N–H and O–H groups in total. The SMILES string of the molecule is O=C(Cc1c(F)cccc1Cl)C1CC12CCNCC2. The second-order valence-electron chi connectivity index (χ2n) is 5.71. The third kappa shape index (κ3) is 2.41. The van der Waals surface area contributed by atoms with E-state index in [0.29, 0.717) is 10.6 Å². The van der Waals surface area contributed by atoms with E-state index in [2.05, 4.69) is 5.32 Å². The maximum atomic E-state index is 13.7. The highest BCUT2D eigenvalue weighted by Crippen LogP contribution is 2.59. The van der Waals surface area contributed by atoms with Crippen LogP contribution in [0.2, 0.25) is 5.02 Å². The number of Topliss-reactive ketones (excluding diaryl/α,β-unsaturated/α-hetero) is 1. The second kappa shape index (κ2) is 4.88. The van der Waals surface area contributed by atoms with E-state index in [1.807, 2.05) is 0 Å². The molecule has 3 rings (SSSR count). The molecule has 1 aliphatic carbocycles. The van der Waals surface area contributed by atoms with Crippen LogP contribution < -0.4 is 5.32 Å². The summed E-state index contributed by atoms with van der Waals surface area (Å²) in [5, 5.41) is 3.67. The van der Waals surface area contributed by atoms with Gasteiger partial charge in [-0.1, -0.05) is 17.7 Å². The molecule has 0 amide bonds. The average Bonchev–Trinajstić information content (AvgIpc) is 3.08. The van der Waals surface area contributed by atoms with Gasteiger partial charge in [0.1, 0.15) is 11.6 Å². The summed E-state index contributed by atoms with van der Waals surface area (Å²) in [5.41, 5.74) is 0.560. The molecule has 2 aliphatic rings. The zero-order valence-electron chi connectivity index (χ0n) is 10.7. The molecule has 1 saturated heterocycles. The van der Waals surface area contributed by atoms with E-state index in [1.165, 1.54) is 6.07 Å². The Hall–Kier alpha value is -0.930. The number of carbonyl (C=O) groups is 1. The smallest absolute Gasteiger partial charge is 0.141 e. The molecule has 1 aromatic carbocycles. The van der Waals surface area contributed by atoms with Crippen LogP contribution in [-0.2, 0) is 11.2 Å². The molecule has 19 heavy (non-hydrogen) atoms. The van der Waals surface area contributed by atoms with Gasteiger partial charge >= 0.3 is 0 Å². The van der Waals surface area contributed by atoms with Gasteiger partial charge in [0, 0.05) is 22.9 Å². The summed E-state index contributed by atoms with van der Waals surface area (Å²) in [7, 11) is 0. The van der Waals surface area contributed by atoms with Crippen molar-refractivity contribution < 1.29 is 9.18 Å². The predicted octanol–water partition coefficient (Wildman–Crippen LogP) is 2.98. The highest BCUT2D eigenvalue weighted by atomic mass is 35.5. The molecule has 2 nitrogen and oxygen atoms in total. The van der Waals surface area contributed by atoms with E-state index < -0.39 is 0 Å². The van der Waals surface area contributed by atoms with Gasteiger partial charge in [-0.3, -0.25) is 4.79 Å². The maximum Gasteiger partial charge on any atom is 0.141 e. The molecular formula is C15H17ClFNO. The minimum atomic E-state index is -0.374. The zero-order chi connectivity index (χ0) is 13.5. The van der Waals surface area contributed by atoms with Gasteiger partial charge in [-0.15, -0.1) is 0 Å². The lowest BCUT2D eigenvalue weighted by Crippen LogP contribution is -2.31. The van der Waals surface area contributed by atoms with Crippen molar-refractivity contribution in [2.45, 2.75) is 25.7 Å². The van der Waals surface area contributed by atoms with Crippen LogP contribution in [0, 0.1) is 17.2 Å². The fourth-order valence-electron chi connectivity index (χ4n) is 3.28. The van der Waals surface area contributed by atoms with Crippen molar-refractivity contribution in [2.75, 3.05) is 13.1 Å². The number of benzene rings is 1. The van der Waals surface area contributed by atoms with Crippen LogP contribution in [0.25, 0.3) is 0 Å². The summed E-state index contributed by atoms with van der Waals surface area (Å²) >= 11 is 5.97. The largest absolute Gasteiger partial charge is 0.317 e. The number of hydrogen-bond acceptors (Lipinski definition) is 2. The average molecular weight is 282 g/mol. The molecule has 0 radical (unpaired) electrons. The Morgan fingerprint density at radius 3 is 2.84 bits per heavy atom. The summed E-state index contributed by atoms with van der Waals surface area (Å²) in [6.07, 6.45) is 3.23. The Morgan fingerprint density at radius 2 is 2.16 bits per heavy atom. The van der Waals surface area contributed by atoms with Crippen LogP contribution >= 0.6 is 11.6 Å². The van der Waals surface area contributed by atoms with E-state index in [0.717, 1.165) is 32.4 Å². The highest BCUT2D eigenvalue weighted by Gasteiger charge is 2.57. The normalized spacial score (nSPS) is 24.4. The fourth-order valence-corrected chi connectivity index (χ4v) is 3.51. The van der Waals surface area contributed by atoms with Crippen molar-refractivity contribution in [3.63, 3.8) is 0 Å². The van der Waals surface area contributed by atoms with Crippen LogP contribution in [0.4, 0.5) is 4.39 Å². The number of hydrogen-bond donors (Lipinski definition) is 1. The number of nitrogens with one attached hydrogen (secondary N) is 1. The molecule has 1 spiro atoms. The number of halogens is 2. The molecule has 1 unspecified atom stereocenters. The molecule has 1 saturated carbocycles. The Kier molecular flexibility index (Phi) is 3.35. The van der Waals surface area contributed by atoms with Gasteiger partial charge in [-0.05, 0) is 49.9 Å². The molecule has 4 heteroatoms. The van der Waals surface area contributed by atoms with E-state index >= 15 is 0 Å².